The van der Waals surface area contributed by atoms with Crippen LogP contribution in [0.25, 0.3) is 10.6 Å². The summed E-state index contributed by atoms with van der Waals surface area (Å²) in [6.45, 7) is 4.57. The normalized spacial score (nSPS) is 19.8. The number of benzene rings is 1. The zero-order chi connectivity index (χ0) is 19.6. The molecule has 1 fully saturated rings. The van der Waals surface area contributed by atoms with E-state index < -0.39 is 0 Å². The highest BCUT2D eigenvalue weighted by Gasteiger charge is 2.24. The minimum absolute atomic E-state index is 0.645. The Balaban J connectivity index is 1.48. The third kappa shape index (κ3) is 6.40. The molecule has 0 unspecified atom stereocenters. The standard InChI is InChI=1S/C25H38N2S/c1-3-5-7-8-9-11-21-14-18-23(19-15-21)25-27-26-24(28-25)22-16-12-20(13-17-22)10-6-4-2/h14-15,18-20,22H,3-13,16-17H2,1-2H3. The fourth-order valence-corrected chi connectivity index (χ4v) is 5.47. The van der Waals surface area contributed by atoms with Crippen molar-refractivity contribution in [2.45, 2.75) is 103 Å². The van der Waals surface area contributed by atoms with Gasteiger partial charge >= 0.3 is 0 Å². The first kappa shape index (κ1) is 21.5. The van der Waals surface area contributed by atoms with E-state index in [1.807, 2.05) is 11.3 Å². The summed E-state index contributed by atoms with van der Waals surface area (Å²) in [7, 11) is 0. The predicted molar refractivity (Wildman–Crippen MR) is 122 cm³/mol. The first-order chi connectivity index (χ1) is 13.8. The second kappa shape index (κ2) is 11.7. The van der Waals surface area contributed by atoms with Crippen molar-refractivity contribution in [1.29, 1.82) is 0 Å². The van der Waals surface area contributed by atoms with Gasteiger partial charge in [0.2, 0.25) is 0 Å². The van der Waals surface area contributed by atoms with E-state index in [2.05, 4.69) is 48.3 Å². The molecular formula is C25H38N2S. The Kier molecular flexibility index (Phi) is 8.98. The third-order valence-electron chi connectivity index (χ3n) is 6.37. The molecule has 1 aliphatic rings. The van der Waals surface area contributed by atoms with E-state index >= 15 is 0 Å². The van der Waals surface area contributed by atoms with Crippen molar-refractivity contribution in [2.24, 2.45) is 5.92 Å². The van der Waals surface area contributed by atoms with Gasteiger partial charge in [0, 0.05) is 11.5 Å². The van der Waals surface area contributed by atoms with E-state index in [0.29, 0.717) is 5.92 Å². The van der Waals surface area contributed by atoms with Crippen LogP contribution in [0.1, 0.15) is 107 Å². The molecule has 0 aliphatic heterocycles. The molecule has 0 radical (unpaired) electrons. The van der Waals surface area contributed by atoms with E-state index in [0.717, 1.165) is 10.9 Å². The minimum Gasteiger partial charge on any atom is -0.143 e. The first-order valence-corrected chi connectivity index (χ1v) is 12.5. The molecule has 1 heterocycles. The van der Waals surface area contributed by atoms with Crippen LogP contribution in [0.2, 0.25) is 0 Å². The van der Waals surface area contributed by atoms with Crippen LogP contribution in [0.5, 0.6) is 0 Å². The third-order valence-corrected chi connectivity index (χ3v) is 7.51. The first-order valence-electron chi connectivity index (χ1n) is 11.7. The molecule has 154 valence electrons. The summed E-state index contributed by atoms with van der Waals surface area (Å²) < 4.78 is 0. The van der Waals surface area contributed by atoms with Crippen molar-refractivity contribution in [3.8, 4) is 10.6 Å². The van der Waals surface area contributed by atoms with Crippen LogP contribution in [0.3, 0.4) is 0 Å². The maximum Gasteiger partial charge on any atom is 0.147 e. The molecule has 2 aromatic rings. The molecule has 1 aliphatic carbocycles. The van der Waals surface area contributed by atoms with Gasteiger partial charge < -0.3 is 0 Å². The molecule has 0 saturated heterocycles. The summed E-state index contributed by atoms with van der Waals surface area (Å²) in [5.74, 6) is 1.60. The molecule has 28 heavy (non-hydrogen) atoms. The van der Waals surface area contributed by atoms with E-state index in [1.165, 1.54) is 99.6 Å². The quantitative estimate of drug-likeness (QED) is 0.357. The number of aryl methyl sites for hydroxylation is 1. The van der Waals surface area contributed by atoms with Gasteiger partial charge in [-0.05, 0) is 50.0 Å². The molecule has 0 spiro atoms. The summed E-state index contributed by atoms with van der Waals surface area (Å²) in [6, 6.07) is 9.06. The van der Waals surface area contributed by atoms with E-state index in [-0.39, 0.29) is 0 Å². The maximum atomic E-state index is 4.57. The molecular weight excluding hydrogens is 360 g/mol. The Morgan fingerprint density at radius 2 is 1.54 bits per heavy atom. The SMILES string of the molecule is CCCCCCCc1ccc(-c2nnc(C3CCC(CCCC)CC3)s2)cc1. The van der Waals surface area contributed by atoms with Crippen LogP contribution in [0.15, 0.2) is 24.3 Å². The van der Waals surface area contributed by atoms with E-state index in [9.17, 15) is 0 Å². The molecule has 1 saturated carbocycles. The van der Waals surface area contributed by atoms with Crippen molar-refractivity contribution >= 4 is 11.3 Å². The largest absolute Gasteiger partial charge is 0.147 e. The fourth-order valence-electron chi connectivity index (χ4n) is 4.45. The Hall–Kier alpha value is -1.22. The zero-order valence-electron chi connectivity index (χ0n) is 18.0. The lowest BCUT2D eigenvalue weighted by atomic mass is 9.80. The monoisotopic (exact) mass is 398 g/mol. The lowest BCUT2D eigenvalue weighted by molar-refractivity contribution is 0.303. The van der Waals surface area contributed by atoms with Crippen molar-refractivity contribution in [3.63, 3.8) is 0 Å². The van der Waals surface area contributed by atoms with Gasteiger partial charge in [-0.2, -0.15) is 0 Å². The summed E-state index contributed by atoms with van der Waals surface area (Å²) >= 11 is 1.82. The summed E-state index contributed by atoms with van der Waals surface area (Å²) in [5, 5.41) is 11.5. The van der Waals surface area contributed by atoms with Gasteiger partial charge in [-0.1, -0.05) is 94.4 Å². The van der Waals surface area contributed by atoms with Gasteiger partial charge in [-0.25, -0.2) is 0 Å². The van der Waals surface area contributed by atoms with Crippen molar-refractivity contribution in [3.05, 3.63) is 34.8 Å². The molecule has 3 rings (SSSR count). The predicted octanol–water partition coefficient (Wildman–Crippen LogP) is 8.18. The van der Waals surface area contributed by atoms with Crippen molar-refractivity contribution in [1.82, 2.24) is 10.2 Å². The number of aromatic nitrogens is 2. The van der Waals surface area contributed by atoms with Crippen molar-refractivity contribution in [2.75, 3.05) is 0 Å². The minimum atomic E-state index is 0.645. The molecule has 1 aromatic carbocycles. The highest BCUT2D eigenvalue weighted by Crippen LogP contribution is 2.39. The van der Waals surface area contributed by atoms with Gasteiger partial charge in [0.25, 0.3) is 0 Å². The molecule has 1 aromatic heterocycles. The van der Waals surface area contributed by atoms with Crippen LogP contribution in [-0.4, -0.2) is 10.2 Å². The van der Waals surface area contributed by atoms with E-state index in [4.69, 9.17) is 0 Å². The molecule has 0 atom stereocenters. The van der Waals surface area contributed by atoms with Crippen LogP contribution < -0.4 is 0 Å². The molecule has 2 nitrogen and oxygen atoms in total. The highest BCUT2D eigenvalue weighted by atomic mass is 32.1. The van der Waals surface area contributed by atoms with Crippen LogP contribution in [0, 0.1) is 5.92 Å². The Morgan fingerprint density at radius 1 is 0.821 bits per heavy atom. The van der Waals surface area contributed by atoms with Gasteiger partial charge in [0.05, 0.1) is 0 Å². The summed E-state index contributed by atoms with van der Waals surface area (Å²) in [5.41, 5.74) is 2.69. The molecule has 0 amide bonds. The molecule has 0 N–H and O–H groups in total. The number of nitrogens with zero attached hydrogens (tertiary/aromatic N) is 2. The smallest absolute Gasteiger partial charge is 0.143 e. The zero-order valence-corrected chi connectivity index (χ0v) is 18.8. The van der Waals surface area contributed by atoms with Crippen LogP contribution in [-0.2, 0) is 6.42 Å². The average Bonchev–Trinajstić information content (AvgIpc) is 3.23. The Bertz CT molecular complexity index is 668. The Morgan fingerprint density at radius 3 is 2.25 bits per heavy atom. The maximum absolute atomic E-state index is 4.57. The topological polar surface area (TPSA) is 25.8 Å². The molecule has 3 heteroatoms. The fraction of sp³-hybridized carbons (Fsp3) is 0.680. The lowest BCUT2D eigenvalue weighted by Gasteiger charge is -2.26. The summed E-state index contributed by atoms with van der Waals surface area (Å²) in [6.07, 6.45) is 17.5. The van der Waals surface area contributed by atoms with Gasteiger partial charge in [0.15, 0.2) is 0 Å². The van der Waals surface area contributed by atoms with Crippen molar-refractivity contribution < 1.29 is 0 Å². The van der Waals surface area contributed by atoms with Crippen LogP contribution >= 0.6 is 11.3 Å². The Labute approximate surface area is 176 Å². The van der Waals surface area contributed by atoms with Gasteiger partial charge in [-0.15, -0.1) is 10.2 Å². The summed E-state index contributed by atoms with van der Waals surface area (Å²) in [4.78, 5) is 0. The highest BCUT2D eigenvalue weighted by molar-refractivity contribution is 7.14. The number of unbranched alkanes of at least 4 members (excludes halogenated alkanes) is 5. The van der Waals surface area contributed by atoms with Gasteiger partial charge in [-0.3, -0.25) is 0 Å². The second-order valence-electron chi connectivity index (χ2n) is 8.67. The van der Waals surface area contributed by atoms with Crippen LogP contribution in [0.4, 0.5) is 0 Å². The average molecular weight is 399 g/mol. The van der Waals surface area contributed by atoms with E-state index in [1.54, 1.807) is 0 Å². The number of hydrogen-bond acceptors (Lipinski definition) is 3. The number of hydrogen-bond donors (Lipinski definition) is 0. The lowest BCUT2D eigenvalue weighted by Crippen LogP contribution is -2.13. The van der Waals surface area contributed by atoms with Gasteiger partial charge in [0.1, 0.15) is 10.0 Å². The number of rotatable bonds is 11. The molecule has 0 bridgehead atoms. The second-order valence-corrected chi connectivity index (χ2v) is 9.68.